The van der Waals surface area contributed by atoms with Crippen LogP contribution < -0.4 is 11.1 Å². The molecule has 1 unspecified atom stereocenters. The van der Waals surface area contributed by atoms with Gasteiger partial charge in [0, 0.05) is 26.7 Å². The van der Waals surface area contributed by atoms with Crippen LogP contribution in [0.2, 0.25) is 0 Å². The fourth-order valence-corrected chi connectivity index (χ4v) is 2.08. The van der Waals surface area contributed by atoms with Crippen LogP contribution in [0.4, 0.5) is 0 Å². The fraction of sp³-hybridized carbons (Fsp3) is 0.562. The van der Waals surface area contributed by atoms with Gasteiger partial charge in [-0.25, -0.2) is 0 Å². The maximum absolute atomic E-state index is 11.7. The summed E-state index contributed by atoms with van der Waals surface area (Å²) in [7, 11) is 1.49. The number of hydrogen-bond acceptors (Lipinski definition) is 4. The van der Waals surface area contributed by atoms with Crippen molar-refractivity contribution in [2.24, 2.45) is 5.73 Å². The zero-order valence-electron chi connectivity index (χ0n) is 13.3. The van der Waals surface area contributed by atoms with E-state index < -0.39 is 6.10 Å². The van der Waals surface area contributed by atoms with Crippen molar-refractivity contribution in [2.75, 3.05) is 26.7 Å². The summed E-state index contributed by atoms with van der Waals surface area (Å²) in [5.74, 6) is -0.174. The standard InChI is InChI=1S/C16H27N3O2/c1-4-19(5-2)12-14-8-6-13(7-9-14)11-18-16(20)15(10-17)21-3/h6-9,15H,4-5,10-12,17H2,1-3H3,(H,18,20). The molecule has 0 saturated heterocycles. The lowest BCUT2D eigenvalue weighted by Crippen LogP contribution is -2.40. The first-order chi connectivity index (χ1) is 10.1. The van der Waals surface area contributed by atoms with Crippen LogP contribution >= 0.6 is 0 Å². The third-order valence-electron chi connectivity index (χ3n) is 3.58. The topological polar surface area (TPSA) is 67.6 Å². The molecular weight excluding hydrogens is 266 g/mol. The molecule has 1 amide bonds. The maximum Gasteiger partial charge on any atom is 0.250 e. The van der Waals surface area contributed by atoms with E-state index in [1.807, 2.05) is 12.1 Å². The SMILES string of the molecule is CCN(CC)Cc1ccc(CNC(=O)C(CN)OC)cc1. The van der Waals surface area contributed by atoms with Crippen molar-refractivity contribution in [1.29, 1.82) is 0 Å². The fourth-order valence-electron chi connectivity index (χ4n) is 2.08. The lowest BCUT2D eigenvalue weighted by atomic mass is 10.1. The molecule has 21 heavy (non-hydrogen) atoms. The average Bonchev–Trinajstić information content (AvgIpc) is 2.53. The quantitative estimate of drug-likeness (QED) is 0.716. The molecule has 1 aromatic carbocycles. The van der Waals surface area contributed by atoms with E-state index in [-0.39, 0.29) is 12.5 Å². The smallest absolute Gasteiger partial charge is 0.250 e. The predicted octanol–water partition coefficient (Wildman–Crippen LogP) is 1.12. The molecular formula is C16H27N3O2. The van der Waals surface area contributed by atoms with Gasteiger partial charge in [-0.15, -0.1) is 0 Å². The average molecular weight is 293 g/mol. The Bertz CT molecular complexity index is 412. The lowest BCUT2D eigenvalue weighted by Gasteiger charge is -2.18. The Morgan fingerprint density at radius 2 is 1.81 bits per heavy atom. The Morgan fingerprint density at radius 1 is 1.24 bits per heavy atom. The van der Waals surface area contributed by atoms with Crippen LogP contribution in [0.25, 0.3) is 0 Å². The number of benzene rings is 1. The van der Waals surface area contributed by atoms with Crippen molar-refractivity contribution in [3.63, 3.8) is 0 Å². The first kappa shape index (κ1) is 17.6. The molecule has 0 spiro atoms. The molecule has 0 aliphatic rings. The van der Waals surface area contributed by atoms with Gasteiger partial charge in [0.2, 0.25) is 0 Å². The van der Waals surface area contributed by atoms with Gasteiger partial charge in [0.25, 0.3) is 5.91 Å². The van der Waals surface area contributed by atoms with Gasteiger partial charge in [0.05, 0.1) is 0 Å². The van der Waals surface area contributed by atoms with Crippen LogP contribution in [0, 0.1) is 0 Å². The Hall–Kier alpha value is -1.43. The number of nitrogens with one attached hydrogen (secondary N) is 1. The van der Waals surface area contributed by atoms with E-state index in [1.165, 1.54) is 12.7 Å². The van der Waals surface area contributed by atoms with E-state index in [2.05, 4.69) is 36.2 Å². The summed E-state index contributed by atoms with van der Waals surface area (Å²) >= 11 is 0. The summed E-state index contributed by atoms with van der Waals surface area (Å²) in [6.07, 6.45) is -0.577. The molecule has 0 bridgehead atoms. The monoisotopic (exact) mass is 293 g/mol. The first-order valence-corrected chi connectivity index (χ1v) is 7.45. The van der Waals surface area contributed by atoms with E-state index in [0.717, 1.165) is 25.2 Å². The molecule has 0 aromatic heterocycles. The van der Waals surface area contributed by atoms with Gasteiger partial charge in [-0.1, -0.05) is 38.1 Å². The molecule has 1 atom stereocenters. The first-order valence-electron chi connectivity index (χ1n) is 7.45. The molecule has 118 valence electrons. The van der Waals surface area contributed by atoms with Crippen LogP contribution in [-0.2, 0) is 22.6 Å². The highest BCUT2D eigenvalue weighted by atomic mass is 16.5. The molecule has 0 fully saturated rings. The molecule has 0 aliphatic heterocycles. The molecule has 0 saturated carbocycles. The maximum atomic E-state index is 11.7. The van der Waals surface area contributed by atoms with E-state index in [4.69, 9.17) is 10.5 Å². The van der Waals surface area contributed by atoms with Crippen molar-refractivity contribution < 1.29 is 9.53 Å². The highest BCUT2D eigenvalue weighted by Gasteiger charge is 2.14. The van der Waals surface area contributed by atoms with Crippen LogP contribution in [0.1, 0.15) is 25.0 Å². The van der Waals surface area contributed by atoms with Crippen molar-refractivity contribution >= 4 is 5.91 Å². The number of methoxy groups -OCH3 is 1. The number of rotatable bonds is 9. The van der Waals surface area contributed by atoms with Gasteiger partial charge in [0.15, 0.2) is 0 Å². The lowest BCUT2D eigenvalue weighted by molar-refractivity contribution is -0.130. The number of hydrogen-bond donors (Lipinski definition) is 2. The Morgan fingerprint density at radius 3 is 2.29 bits per heavy atom. The number of amides is 1. The van der Waals surface area contributed by atoms with E-state index in [0.29, 0.717) is 6.54 Å². The van der Waals surface area contributed by atoms with Crippen molar-refractivity contribution in [3.05, 3.63) is 35.4 Å². The number of carbonyl (C=O) groups excluding carboxylic acids is 1. The molecule has 5 heteroatoms. The predicted molar refractivity (Wildman–Crippen MR) is 84.8 cm³/mol. The van der Waals surface area contributed by atoms with Gasteiger partial charge in [-0.2, -0.15) is 0 Å². The van der Waals surface area contributed by atoms with Gasteiger partial charge < -0.3 is 15.8 Å². The molecule has 0 radical (unpaired) electrons. The second-order valence-corrected chi connectivity index (χ2v) is 4.96. The Labute approximate surface area is 127 Å². The summed E-state index contributed by atoms with van der Waals surface area (Å²) in [6.45, 7) is 8.06. The van der Waals surface area contributed by atoms with Crippen molar-refractivity contribution in [1.82, 2.24) is 10.2 Å². The number of nitrogens with zero attached hydrogens (tertiary/aromatic N) is 1. The summed E-state index contributed by atoms with van der Waals surface area (Å²) in [5, 5.41) is 2.83. The van der Waals surface area contributed by atoms with Crippen LogP contribution in [0.3, 0.4) is 0 Å². The van der Waals surface area contributed by atoms with Gasteiger partial charge in [-0.05, 0) is 24.2 Å². The normalized spacial score (nSPS) is 12.4. The van der Waals surface area contributed by atoms with E-state index >= 15 is 0 Å². The highest BCUT2D eigenvalue weighted by Crippen LogP contribution is 2.07. The molecule has 5 nitrogen and oxygen atoms in total. The summed E-state index contributed by atoms with van der Waals surface area (Å²) in [6, 6.07) is 8.31. The Balaban J connectivity index is 2.49. The van der Waals surface area contributed by atoms with Gasteiger partial charge >= 0.3 is 0 Å². The largest absolute Gasteiger partial charge is 0.370 e. The van der Waals surface area contributed by atoms with Crippen LogP contribution in [0.15, 0.2) is 24.3 Å². The second kappa shape index (κ2) is 9.50. The zero-order chi connectivity index (χ0) is 15.7. The minimum absolute atomic E-state index is 0.174. The highest BCUT2D eigenvalue weighted by molar-refractivity contribution is 5.80. The summed E-state index contributed by atoms with van der Waals surface area (Å²) in [5.41, 5.74) is 7.81. The third kappa shape index (κ3) is 5.83. The summed E-state index contributed by atoms with van der Waals surface area (Å²) < 4.78 is 4.99. The minimum atomic E-state index is -0.577. The molecule has 0 heterocycles. The minimum Gasteiger partial charge on any atom is -0.370 e. The molecule has 0 aliphatic carbocycles. The summed E-state index contributed by atoms with van der Waals surface area (Å²) in [4.78, 5) is 14.1. The molecule has 3 N–H and O–H groups in total. The molecule has 1 aromatic rings. The number of carbonyl (C=O) groups is 1. The van der Waals surface area contributed by atoms with Crippen LogP contribution in [0.5, 0.6) is 0 Å². The zero-order valence-corrected chi connectivity index (χ0v) is 13.3. The van der Waals surface area contributed by atoms with E-state index in [9.17, 15) is 4.79 Å². The Kier molecular flexibility index (Phi) is 7.97. The molecule has 1 rings (SSSR count). The number of ether oxygens (including phenoxy) is 1. The van der Waals surface area contributed by atoms with Crippen molar-refractivity contribution in [2.45, 2.75) is 33.0 Å². The second-order valence-electron chi connectivity index (χ2n) is 4.96. The number of nitrogens with two attached hydrogens (primary N) is 1. The van der Waals surface area contributed by atoms with Gasteiger partial charge in [-0.3, -0.25) is 9.69 Å². The van der Waals surface area contributed by atoms with Crippen LogP contribution in [-0.4, -0.2) is 43.7 Å². The van der Waals surface area contributed by atoms with Crippen molar-refractivity contribution in [3.8, 4) is 0 Å². The van der Waals surface area contributed by atoms with Gasteiger partial charge in [0.1, 0.15) is 6.10 Å². The third-order valence-corrected chi connectivity index (χ3v) is 3.58. The van der Waals surface area contributed by atoms with E-state index in [1.54, 1.807) is 0 Å².